The first-order chi connectivity index (χ1) is 10.9. The van der Waals surface area contributed by atoms with Crippen LogP contribution < -0.4 is 10.6 Å². The van der Waals surface area contributed by atoms with Crippen molar-refractivity contribution in [3.05, 3.63) is 0 Å². The number of aliphatic hydroxyl groups excluding tert-OH is 1. The maximum atomic E-state index is 10.3. The van der Waals surface area contributed by atoms with Gasteiger partial charge in [-0.15, -0.1) is 0 Å². The van der Waals surface area contributed by atoms with E-state index in [2.05, 4.69) is 36.4 Å². The minimum Gasteiger partial charge on any atom is -0.392 e. The predicted octanol–water partition coefficient (Wildman–Crippen LogP) is 1.91. The molecule has 5 nitrogen and oxygen atoms in total. The molecule has 0 bridgehead atoms. The highest BCUT2D eigenvalue weighted by atomic mass is 16.5. The SMILES string of the molecule is CN=C(NCC1(C)CCCCC1O)NC1C2CCOC2C1(C)C. The third kappa shape index (κ3) is 2.98. The zero-order valence-corrected chi connectivity index (χ0v) is 15.1. The lowest BCUT2D eigenvalue weighted by Crippen LogP contribution is -2.68. The summed E-state index contributed by atoms with van der Waals surface area (Å²) in [6, 6.07) is 0.408. The Morgan fingerprint density at radius 2 is 2.04 bits per heavy atom. The Labute approximate surface area is 140 Å². The fourth-order valence-electron chi connectivity index (χ4n) is 4.83. The minimum atomic E-state index is -0.213. The molecule has 1 saturated heterocycles. The van der Waals surface area contributed by atoms with E-state index in [4.69, 9.17) is 4.74 Å². The summed E-state index contributed by atoms with van der Waals surface area (Å²) in [5.74, 6) is 1.45. The van der Waals surface area contributed by atoms with Gasteiger partial charge >= 0.3 is 0 Å². The van der Waals surface area contributed by atoms with E-state index < -0.39 is 0 Å². The molecule has 5 heteroatoms. The molecule has 3 aliphatic rings. The summed E-state index contributed by atoms with van der Waals surface area (Å²) < 4.78 is 5.86. The number of fused-ring (bicyclic) bond motifs is 1. The van der Waals surface area contributed by atoms with Crippen molar-refractivity contribution in [3.8, 4) is 0 Å². The fraction of sp³-hybridized carbons (Fsp3) is 0.944. The van der Waals surface area contributed by atoms with Gasteiger partial charge in [0.05, 0.1) is 12.2 Å². The molecule has 0 aromatic rings. The highest BCUT2D eigenvalue weighted by Crippen LogP contribution is 2.52. The van der Waals surface area contributed by atoms with E-state index in [-0.39, 0.29) is 16.9 Å². The Balaban J connectivity index is 1.57. The van der Waals surface area contributed by atoms with Crippen LogP contribution in [-0.4, -0.2) is 49.5 Å². The van der Waals surface area contributed by atoms with E-state index in [1.165, 1.54) is 6.42 Å². The molecule has 23 heavy (non-hydrogen) atoms. The molecule has 5 atom stereocenters. The van der Waals surface area contributed by atoms with Crippen LogP contribution in [0.2, 0.25) is 0 Å². The van der Waals surface area contributed by atoms with Gasteiger partial charge in [0, 0.05) is 43.0 Å². The Morgan fingerprint density at radius 1 is 1.26 bits per heavy atom. The fourth-order valence-corrected chi connectivity index (χ4v) is 4.83. The maximum absolute atomic E-state index is 10.3. The molecule has 0 amide bonds. The van der Waals surface area contributed by atoms with Crippen LogP contribution in [0.25, 0.3) is 0 Å². The number of hydrogen-bond donors (Lipinski definition) is 3. The van der Waals surface area contributed by atoms with Crippen molar-refractivity contribution in [2.75, 3.05) is 20.2 Å². The first-order valence-electron chi connectivity index (χ1n) is 9.15. The third-order valence-electron chi connectivity index (χ3n) is 6.56. The molecule has 3 rings (SSSR count). The number of guanidine groups is 1. The van der Waals surface area contributed by atoms with Crippen LogP contribution in [0.4, 0.5) is 0 Å². The highest BCUT2D eigenvalue weighted by Gasteiger charge is 2.59. The second-order valence-electron chi connectivity index (χ2n) is 8.53. The standard InChI is InChI=1S/C18H33N3O2/c1-17(2)14(12-8-10-23-15(12)17)21-16(19-4)20-11-18(3)9-6-5-7-13(18)22/h12-15,22H,5-11H2,1-4H3,(H2,19,20,21). The molecule has 132 valence electrons. The van der Waals surface area contributed by atoms with Crippen molar-refractivity contribution in [1.82, 2.24) is 10.6 Å². The van der Waals surface area contributed by atoms with Crippen LogP contribution in [0, 0.1) is 16.7 Å². The smallest absolute Gasteiger partial charge is 0.191 e. The number of nitrogens with one attached hydrogen (secondary N) is 2. The number of nitrogens with zero attached hydrogens (tertiary/aromatic N) is 1. The monoisotopic (exact) mass is 323 g/mol. The average molecular weight is 323 g/mol. The van der Waals surface area contributed by atoms with Gasteiger partial charge in [-0.25, -0.2) is 0 Å². The van der Waals surface area contributed by atoms with Gasteiger partial charge in [-0.05, 0) is 19.3 Å². The number of aliphatic hydroxyl groups is 1. The second-order valence-corrected chi connectivity index (χ2v) is 8.53. The molecule has 3 fully saturated rings. The van der Waals surface area contributed by atoms with Crippen molar-refractivity contribution in [3.63, 3.8) is 0 Å². The molecule has 2 aliphatic carbocycles. The number of aliphatic imine (C=N–C) groups is 1. The maximum Gasteiger partial charge on any atom is 0.191 e. The topological polar surface area (TPSA) is 65.9 Å². The second kappa shape index (κ2) is 6.25. The van der Waals surface area contributed by atoms with Gasteiger partial charge in [0.15, 0.2) is 5.96 Å². The largest absolute Gasteiger partial charge is 0.392 e. The van der Waals surface area contributed by atoms with Crippen molar-refractivity contribution >= 4 is 5.96 Å². The summed E-state index contributed by atoms with van der Waals surface area (Å²) in [7, 11) is 1.82. The van der Waals surface area contributed by atoms with Crippen LogP contribution in [-0.2, 0) is 4.74 Å². The number of hydrogen-bond acceptors (Lipinski definition) is 3. The molecule has 0 aromatic heterocycles. The number of rotatable bonds is 3. The van der Waals surface area contributed by atoms with Crippen LogP contribution in [0.3, 0.4) is 0 Å². The van der Waals surface area contributed by atoms with E-state index in [0.29, 0.717) is 18.1 Å². The molecule has 1 heterocycles. The van der Waals surface area contributed by atoms with Crippen molar-refractivity contribution in [1.29, 1.82) is 0 Å². The van der Waals surface area contributed by atoms with Gasteiger partial charge < -0.3 is 20.5 Å². The third-order valence-corrected chi connectivity index (χ3v) is 6.56. The minimum absolute atomic E-state index is 0.0516. The Kier molecular flexibility index (Phi) is 4.62. The van der Waals surface area contributed by atoms with E-state index >= 15 is 0 Å². The molecule has 0 spiro atoms. The summed E-state index contributed by atoms with van der Waals surface area (Å²) in [6.07, 6.45) is 5.65. The lowest BCUT2D eigenvalue weighted by molar-refractivity contribution is -0.106. The quantitative estimate of drug-likeness (QED) is 0.548. The van der Waals surface area contributed by atoms with Gasteiger partial charge in [0.2, 0.25) is 0 Å². The predicted molar refractivity (Wildman–Crippen MR) is 92.5 cm³/mol. The van der Waals surface area contributed by atoms with Gasteiger partial charge in [-0.1, -0.05) is 33.6 Å². The summed E-state index contributed by atoms with van der Waals surface area (Å²) in [6.45, 7) is 8.39. The molecule has 5 unspecified atom stereocenters. The van der Waals surface area contributed by atoms with Crippen molar-refractivity contribution in [2.45, 2.75) is 71.1 Å². The van der Waals surface area contributed by atoms with Crippen LogP contribution in [0.1, 0.15) is 52.9 Å². The molecule has 1 aliphatic heterocycles. The molecule has 0 aromatic carbocycles. The van der Waals surface area contributed by atoms with E-state index in [1.54, 1.807) is 0 Å². The molecular formula is C18H33N3O2. The molecule has 2 saturated carbocycles. The summed E-state index contributed by atoms with van der Waals surface area (Å²) in [5, 5.41) is 17.4. The van der Waals surface area contributed by atoms with Crippen molar-refractivity contribution < 1.29 is 9.84 Å². The lowest BCUT2D eigenvalue weighted by atomic mass is 9.57. The van der Waals surface area contributed by atoms with Crippen LogP contribution >= 0.6 is 0 Å². The molecule has 0 radical (unpaired) electrons. The Hall–Kier alpha value is -0.810. The Bertz CT molecular complexity index is 465. The van der Waals surface area contributed by atoms with E-state index in [9.17, 15) is 5.11 Å². The summed E-state index contributed by atoms with van der Waals surface area (Å²) >= 11 is 0. The molecule has 3 N–H and O–H groups in total. The van der Waals surface area contributed by atoms with Crippen LogP contribution in [0.5, 0.6) is 0 Å². The normalized spacial score (nSPS) is 42.7. The van der Waals surface area contributed by atoms with Crippen LogP contribution in [0.15, 0.2) is 4.99 Å². The summed E-state index contributed by atoms with van der Waals surface area (Å²) in [5.41, 5.74) is 0.0943. The van der Waals surface area contributed by atoms with Gasteiger partial charge in [0.1, 0.15) is 0 Å². The van der Waals surface area contributed by atoms with Gasteiger partial charge in [0.25, 0.3) is 0 Å². The average Bonchev–Trinajstić information content (AvgIpc) is 2.97. The van der Waals surface area contributed by atoms with Gasteiger partial charge in [-0.2, -0.15) is 0 Å². The first kappa shape index (κ1) is 17.0. The van der Waals surface area contributed by atoms with E-state index in [0.717, 1.165) is 44.8 Å². The zero-order valence-electron chi connectivity index (χ0n) is 15.1. The molecular weight excluding hydrogens is 290 g/mol. The Morgan fingerprint density at radius 3 is 2.74 bits per heavy atom. The lowest BCUT2D eigenvalue weighted by Gasteiger charge is -2.55. The number of ether oxygens (including phenoxy) is 1. The van der Waals surface area contributed by atoms with Gasteiger partial charge in [-0.3, -0.25) is 4.99 Å². The van der Waals surface area contributed by atoms with Crippen molar-refractivity contribution in [2.24, 2.45) is 21.7 Å². The van der Waals surface area contributed by atoms with E-state index in [1.807, 2.05) is 7.05 Å². The highest BCUT2D eigenvalue weighted by molar-refractivity contribution is 5.80. The summed E-state index contributed by atoms with van der Waals surface area (Å²) in [4.78, 5) is 4.40. The zero-order chi connectivity index (χ0) is 16.7. The first-order valence-corrected chi connectivity index (χ1v) is 9.15.